The molecule has 0 bridgehead atoms. The Morgan fingerprint density at radius 1 is 1.11 bits per heavy atom. The van der Waals surface area contributed by atoms with E-state index in [0.717, 1.165) is 23.3 Å². The maximum atomic E-state index is 14.2. The van der Waals surface area contributed by atoms with Crippen molar-refractivity contribution in [2.24, 2.45) is 0 Å². The summed E-state index contributed by atoms with van der Waals surface area (Å²) in [4.78, 5) is 11.5. The summed E-state index contributed by atoms with van der Waals surface area (Å²) in [6.07, 6.45) is -4.05. The first-order chi connectivity index (χ1) is 12.7. The van der Waals surface area contributed by atoms with Crippen LogP contribution in [0.2, 0.25) is 0 Å². The van der Waals surface area contributed by atoms with E-state index in [-0.39, 0.29) is 23.5 Å². The van der Waals surface area contributed by atoms with Crippen molar-refractivity contribution in [2.75, 3.05) is 0 Å². The summed E-state index contributed by atoms with van der Waals surface area (Å²) in [5, 5.41) is 0. The molecule has 0 aliphatic carbocycles. The second-order valence-electron chi connectivity index (χ2n) is 5.96. The average molecular weight is 384 g/mol. The van der Waals surface area contributed by atoms with Crippen LogP contribution in [-0.2, 0) is 24.0 Å². The highest BCUT2D eigenvalue weighted by molar-refractivity contribution is 5.72. The summed E-state index contributed by atoms with van der Waals surface area (Å²) in [7, 11) is 0. The molecule has 0 saturated heterocycles. The Morgan fingerprint density at radius 2 is 1.81 bits per heavy atom. The van der Waals surface area contributed by atoms with Crippen LogP contribution in [0.1, 0.15) is 42.5 Å². The summed E-state index contributed by atoms with van der Waals surface area (Å²) < 4.78 is 64.5. The monoisotopic (exact) mass is 384 g/mol. The molecule has 0 aromatic heterocycles. The maximum Gasteiger partial charge on any atom is 0.416 e. The van der Waals surface area contributed by atoms with E-state index in [4.69, 9.17) is 9.47 Å². The fourth-order valence-electron chi connectivity index (χ4n) is 2.61. The molecule has 0 N–H and O–H groups in total. The van der Waals surface area contributed by atoms with E-state index < -0.39 is 30.1 Å². The van der Waals surface area contributed by atoms with E-state index in [1.54, 1.807) is 6.92 Å². The van der Waals surface area contributed by atoms with Gasteiger partial charge in [-0.05, 0) is 48.7 Å². The quantitative estimate of drug-likeness (QED) is 0.369. The first-order valence-electron chi connectivity index (χ1n) is 8.48. The number of carbonyl (C=O) groups excluding carboxylic acids is 1. The van der Waals surface area contributed by atoms with Crippen LogP contribution in [0.4, 0.5) is 17.6 Å². The van der Waals surface area contributed by atoms with Gasteiger partial charge in [0.25, 0.3) is 0 Å². The number of hydrogen-bond donors (Lipinski definition) is 0. The molecule has 146 valence electrons. The second-order valence-corrected chi connectivity index (χ2v) is 5.96. The molecule has 2 rings (SSSR count). The van der Waals surface area contributed by atoms with Crippen molar-refractivity contribution >= 4 is 5.97 Å². The zero-order chi connectivity index (χ0) is 20.2. The van der Waals surface area contributed by atoms with Gasteiger partial charge < -0.3 is 9.47 Å². The first-order valence-corrected chi connectivity index (χ1v) is 8.48. The van der Waals surface area contributed by atoms with Crippen molar-refractivity contribution in [1.29, 1.82) is 0 Å². The lowest BCUT2D eigenvalue weighted by molar-refractivity contribution is -0.140. The van der Waals surface area contributed by atoms with Gasteiger partial charge in [0.2, 0.25) is 0 Å². The topological polar surface area (TPSA) is 35.5 Å². The summed E-state index contributed by atoms with van der Waals surface area (Å²) in [5.41, 5.74) is 0.207. The van der Waals surface area contributed by atoms with Gasteiger partial charge in [0.15, 0.2) is 11.6 Å². The fourth-order valence-corrected chi connectivity index (χ4v) is 2.61. The minimum absolute atomic E-state index is 0.00282. The van der Waals surface area contributed by atoms with Crippen LogP contribution >= 0.6 is 0 Å². The number of hydrogen-bond acceptors (Lipinski definition) is 3. The predicted molar refractivity (Wildman–Crippen MR) is 92.2 cm³/mol. The van der Waals surface area contributed by atoms with Crippen LogP contribution in [-0.4, -0.2) is 5.97 Å². The molecule has 0 aliphatic rings. The number of alkyl halides is 3. The average Bonchev–Trinajstić information content (AvgIpc) is 2.61. The Kier molecular flexibility index (Phi) is 6.46. The van der Waals surface area contributed by atoms with Gasteiger partial charge in [-0.25, -0.2) is 4.39 Å². The van der Waals surface area contributed by atoms with Gasteiger partial charge in [-0.1, -0.05) is 19.9 Å². The molecular formula is C20H20F4O3. The molecule has 3 nitrogen and oxygen atoms in total. The summed E-state index contributed by atoms with van der Waals surface area (Å²) in [6, 6.07) is 6.01. The largest absolute Gasteiger partial charge is 0.486 e. The summed E-state index contributed by atoms with van der Waals surface area (Å²) in [5.74, 6) is -1.74. The van der Waals surface area contributed by atoms with Gasteiger partial charge in [0.1, 0.15) is 12.4 Å². The Bertz CT molecular complexity index is 829. The number of carbonyl (C=O) groups is 1. The van der Waals surface area contributed by atoms with Crippen LogP contribution in [0.25, 0.3) is 0 Å². The molecule has 0 fully saturated rings. The van der Waals surface area contributed by atoms with E-state index in [1.807, 2.05) is 6.92 Å². The molecule has 0 radical (unpaired) electrons. The molecule has 0 saturated carbocycles. The molecule has 2 aromatic rings. The van der Waals surface area contributed by atoms with Gasteiger partial charge in [-0.3, -0.25) is 4.79 Å². The number of halogens is 4. The third-order valence-electron chi connectivity index (χ3n) is 4.09. The van der Waals surface area contributed by atoms with Gasteiger partial charge in [-0.2, -0.15) is 13.2 Å². The molecule has 7 heteroatoms. The Labute approximate surface area is 154 Å². The van der Waals surface area contributed by atoms with Crippen molar-refractivity contribution in [3.63, 3.8) is 0 Å². The Morgan fingerprint density at radius 3 is 2.41 bits per heavy atom. The third kappa shape index (κ3) is 4.99. The van der Waals surface area contributed by atoms with Crippen molar-refractivity contribution in [3.8, 4) is 11.5 Å². The first kappa shape index (κ1) is 20.7. The summed E-state index contributed by atoms with van der Waals surface area (Å²) in [6.45, 7) is 4.57. The molecule has 2 aromatic carbocycles. The van der Waals surface area contributed by atoms with Crippen molar-refractivity contribution in [3.05, 3.63) is 58.4 Å². The van der Waals surface area contributed by atoms with Gasteiger partial charge >= 0.3 is 12.1 Å². The normalized spacial score (nSPS) is 11.4. The molecule has 0 spiro atoms. The zero-order valence-electron chi connectivity index (χ0n) is 15.2. The van der Waals surface area contributed by atoms with Crippen LogP contribution in [0.5, 0.6) is 11.5 Å². The molecule has 27 heavy (non-hydrogen) atoms. The van der Waals surface area contributed by atoms with Crippen LogP contribution in [0.15, 0.2) is 30.3 Å². The van der Waals surface area contributed by atoms with Crippen LogP contribution in [0, 0.1) is 12.7 Å². The van der Waals surface area contributed by atoms with Gasteiger partial charge in [-0.15, -0.1) is 0 Å². The van der Waals surface area contributed by atoms with E-state index in [9.17, 15) is 22.4 Å². The molecule has 0 atom stereocenters. The standard InChI is InChI=1S/C20H20F4O3/c1-4-13-10-16(21)18(9-12(13)3)26-11-14-15(20(22,23)24)7-6-8-17(14)27-19(25)5-2/h6-10H,4-5,11H2,1-3H3. The van der Waals surface area contributed by atoms with E-state index in [0.29, 0.717) is 6.42 Å². The van der Waals surface area contributed by atoms with Gasteiger partial charge in [0.05, 0.1) is 5.56 Å². The van der Waals surface area contributed by atoms with Gasteiger partial charge in [0, 0.05) is 12.0 Å². The van der Waals surface area contributed by atoms with Crippen LogP contribution < -0.4 is 9.47 Å². The Hall–Kier alpha value is -2.57. The SMILES string of the molecule is CCC(=O)Oc1cccc(C(F)(F)F)c1COc1cc(C)c(CC)cc1F. The molecule has 0 heterocycles. The minimum Gasteiger partial charge on any atom is -0.486 e. The molecule has 0 amide bonds. The zero-order valence-corrected chi connectivity index (χ0v) is 15.2. The number of ether oxygens (including phenoxy) is 2. The highest BCUT2D eigenvalue weighted by Gasteiger charge is 2.35. The second kappa shape index (κ2) is 8.41. The van der Waals surface area contributed by atoms with E-state index in [1.165, 1.54) is 25.1 Å². The van der Waals surface area contributed by atoms with Crippen LogP contribution in [0.3, 0.4) is 0 Å². The maximum absolute atomic E-state index is 14.2. The molecule has 0 unspecified atom stereocenters. The van der Waals surface area contributed by atoms with Crippen molar-refractivity contribution < 1.29 is 31.8 Å². The van der Waals surface area contributed by atoms with E-state index in [2.05, 4.69) is 0 Å². The Balaban J connectivity index is 2.39. The number of esters is 1. The minimum atomic E-state index is -4.67. The summed E-state index contributed by atoms with van der Waals surface area (Å²) >= 11 is 0. The van der Waals surface area contributed by atoms with Crippen molar-refractivity contribution in [1.82, 2.24) is 0 Å². The number of aryl methyl sites for hydroxylation is 2. The lowest BCUT2D eigenvalue weighted by Gasteiger charge is -2.18. The molecular weight excluding hydrogens is 364 g/mol. The number of benzene rings is 2. The smallest absolute Gasteiger partial charge is 0.416 e. The number of rotatable bonds is 6. The fraction of sp³-hybridized carbons (Fsp3) is 0.350. The third-order valence-corrected chi connectivity index (χ3v) is 4.09. The predicted octanol–water partition coefficient (Wildman–Crippen LogP) is 5.61. The van der Waals surface area contributed by atoms with Crippen molar-refractivity contribution in [2.45, 2.75) is 46.4 Å². The molecule has 0 aliphatic heterocycles. The van der Waals surface area contributed by atoms with E-state index >= 15 is 0 Å². The lowest BCUT2D eigenvalue weighted by atomic mass is 10.1. The highest BCUT2D eigenvalue weighted by atomic mass is 19.4. The lowest BCUT2D eigenvalue weighted by Crippen LogP contribution is -2.15. The highest BCUT2D eigenvalue weighted by Crippen LogP contribution is 2.37.